The van der Waals surface area contributed by atoms with E-state index in [-0.39, 0.29) is 23.2 Å². The molecule has 0 bridgehead atoms. The van der Waals surface area contributed by atoms with Crippen LogP contribution in [0.2, 0.25) is 6.32 Å². The number of likely N-dealkylation sites (tertiary alicyclic amines) is 1. The molecular weight excluding hydrogens is 493 g/mol. The Bertz CT molecular complexity index is 894. The Labute approximate surface area is 247 Å². The lowest BCUT2D eigenvalue weighted by atomic mass is 9.49. The number of hydrogen-bond acceptors (Lipinski definition) is 4. The molecule has 11 atom stereocenters. The van der Waals surface area contributed by atoms with Gasteiger partial charge in [-0.05, 0) is 99.3 Å². The fourth-order valence-corrected chi connectivity index (χ4v) is 10.5. The van der Waals surface area contributed by atoms with E-state index in [2.05, 4.69) is 68.3 Å². The molecule has 0 amide bonds. The number of Topliss-reactive ketones (excluding diaryl/α,β-unsaturated/α-hetero) is 1. The maximum Gasteiger partial charge on any atom is 0.149 e. The van der Waals surface area contributed by atoms with E-state index in [1.165, 1.54) is 51.2 Å². The highest BCUT2D eigenvalue weighted by molar-refractivity contribution is 6.10. The summed E-state index contributed by atoms with van der Waals surface area (Å²) in [5, 5.41) is 0. The maximum atomic E-state index is 12.6. The van der Waals surface area contributed by atoms with E-state index in [9.17, 15) is 9.59 Å². The molecule has 0 spiro atoms. The molecule has 0 aromatic rings. The minimum absolute atomic E-state index is 0.0349. The Hall–Kier alpha value is -0.675. The average Bonchev–Trinajstić information content (AvgIpc) is 3.40. The first-order valence-corrected chi connectivity index (χ1v) is 17.2. The lowest BCUT2D eigenvalue weighted by molar-refractivity contribution is -0.125. The van der Waals surface area contributed by atoms with Gasteiger partial charge in [0.25, 0.3) is 0 Å². The van der Waals surface area contributed by atoms with Crippen molar-refractivity contribution in [2.24, 2.45) is 52.3 Å². The second-order valence-corrected chi connectivity index (χ2v) is 16.1. The molecule has 0 radical (unpaired) electrons. The van der Waals surface area contributed by atoms with Gasteiger partial charge in [0.1, 0.15) is 26.0 Å². The number of nitrogens with zero attached hydrogens (tertiary/aromatic N) is 1. The van der Waals surface area contributed by atoms with E-state index in [0.717, 1.165) is 50.4 Å². The van der Waals surface area contributed by atoms with E-state index in [0.29, 0.717) is 40.8 Å². The number of aldehydes is 1. The monoisotopic (exact) mass is 555 g/mol. The van der Waals surface area contributed by atoms with Gasteiger partial charge in [0, 0.05) is 30.3 Å². The molecule has 0 aromatic heterocycles. The van der Waals surface area contributed by atoms with Crippen molar-refractivity contribution in [3.05, 3.63) is 0 Å². The molecule has 5 heteroatoms. The summed E-state index contributed by atoms with van der Waals surface area (Å²) in [5.74, 6) is 4.19. The van der Waals surface area contributed by atoms with Gasteiger partial charge in [-0.15, -0.1) is 0 Å². The van der Waals surface area contributed by atoms with Crippen LogP contribution in [0.4, 0.5) is 0 Å². The number of ketones is 1. The number of hydrogen-bond donors (Lipinski definition) is 0. The number of ether oxygens (including phenoxy) is 1. The fraction of sp³-hybridized carbons (Fsp3) is 0.943. The number of rotatable bonds is 12. The van der Waals surface area contributed by atoms with Crippen LogP contribution in [0.5, 0.6) is 0 Å². The largest absolute Gasteiger partial charge is 0.367 e. The molecule has 2 heterocycles. The molecule has 0 N–H and O–H groups in total. The minimum Gasteiger partial charge on any atom is -0.367 e. The molecule has 4 aliphatic rings. The molecule has 4 nitrogen and oxygen atoms in total. The third-order valence-electron chi connectivity index (χ3n) is 13.8. The molecule has 40 heavy (non-hydrogen) atoms. The van der Waals surface area contributed by atoms with Crippen LogP contribution >= 0.6 is 0 Å². The van der Waals surface area contributed by atoms with Crippen LogP contribution in [0.3, 0.4) is 0 Å². The van der Waals surface area contributed by atoms with Crippen molar-refractivity contribution >= 4 is 19.9 Å². The number of fused-ring (bicyclic) bond motifs is 3. The van der Waals surface area contributed by atoms with Gasteiger partial charge in [0.05, 0.1) is 6.10 Å². The molecule has 2 aliphatic carbocycles. The van der Waals surface area contributed by atoms with Crippen LogP contribution in [0, 0.1) is 52.3 Å². The summed E-state index contributed by atoms with van der Waals surface area (Å²) in [6, 6.07) is 0. The van der Waals surface area contributed by atoms with Crippen LogP contribution in [0.1, 0.15) is 119 Å². The van der Waals surface area contributed by atoms with Gasteiger partial charge in [-0.25, -0.2) is 0 Å². The zero-order valence-corrected chi connectivity index (χ0v) is 27.6. The highest BCUT2D eigenvalue weighted by Gasteiger charge is 2.65. The highest BCUT2D eigenvalue weighted by atomic mass is 16.5. The van der Waals surface area contributed by atoms with E-state index < -0.39 is 0 Å². The van der Waals surface area contributed by atoms with Gasteiger partial charge in [0.15, 0.2) is 0 Å². The van der Waals surface area contributed by atoms with Crippen LogP contribution < -0.4 is 0 Å². The normalized spacial score (nSPS) is 43.3. The lowest BCUT2D eigenvalue weighted by Gasteiger charge is -2.55. The van der Waals surface area contributed by atoms with Crippen LogP contribution in [0.25, 0.3) is 0 Å². The van der Waals surface area contributed by atoms with Crippen molar-refractivity contribution in [1.82, 2.24) is 4.90 Å². The zero-order valence-electron chi connectivity index (χ0n) is 27.6. The Kier molecular flexibility index (Phi) is 10.1. The smallest absolute Gasteiger partial charge is 0.149 e. The van der Waals surface area contributed by atoms with Crippen molar-refractivity contribution in [2.75, 3.05) is 13.6 Å². The molecule has 0 aromatic carbocycles. The fourth-order valence-electron chi connectivity index (χ4n) is 10.5. The second kappa shape index (κ2) is 12.5. The van der Waals surface area contributed by atoms with Crippen molar-refractivity contribution in [1.29, 1.82) is 0 Å². The Morgan fingerprint density at radius 1 is 1.05 bits per heavy atom. The van der Waals surface area contributed by atoms with Gasteiger partial charge >= 0.3 is 0 Å². The number of piperidine rings is 1. The van der Waals surface area contributed by atoms with Crippen LogP contribution in [-0.4, -0.2) is 56.2 Å². The highest BCUT2D eigenvalue weighted by Crippen LogP contribution is 2.69. The summed E-state index contributed by atoms with van der Waals surface area (Å²) >= 11 is 0. The van der Waals surface area contributed by atoms with Crippen LogP contribution in [0.15, 0.2) is 0 Å². The second-order valence-electron chi connectivity index (χ2n) is 16.1. The standard InChI is InChI=1S/C35H62BNO3/c1-23(2)10-9-11-24(3)33(5)17-14-29-31-28(13-16-34(29,33)6)32(40-30(31)22-38)25(4)35(7)18-12-26(21-37(35)8)20-27(39)15-19-36/h22-26,28-32H,9-21,36H2,1-8H3/t24-,25?,26?,28?,29?,30?,31?,32?,33-,34?,35?/m1/s1. The van der Waals surface area contributed by atoms with Gasteiger partial charge < -0.3 is 14.4 Å². The Morgan fingerprint density at radius 3 is 2.40 bits per heavy atom. The van der Waals surface area contributed by atoms with Gasteiger partial charge in [0.2, 0.25) is 0 Å². The molecule has 2 saturated carbocycles. The predicted molar refractivity (Wildman–Crippen MR) is 168 cm³/mol. The molecule has 4 fully saturated rings. The summed E-state index contributed by atoms with van der Waals surface area (Å²) in [6.45, 7) is 18.2. The Balaban J connectivity index is 1.48. The first kappa shape index (κ1) is 32.2. The average molecular weight is 556 g/mol. The molecule has 2 aliphatic heterocycles. The van der Waals surface area contributed by atoms with Crippen molar-refractivity contribution in [3.8, 4) is 0 Å². The van der Waals surface area contributed by atoms with E-state index in [1.807, 2.05) is 0 Å². The summed E-state index contributed by atoms with van der Waals surface area (Å²) in [6.07, 6.45) is 14.7. The minimum atomic E-state index is -0.252. The topological polar surface area (TPSA) is 46.6 Å². The van der Waals surface area contributed by atoms with Crippen molar-refractivity contribution in [3.63, 3.8) is 0 Å². The summed E-state index contributed by atoms with van der Waals surface area (Å²) < 4.78 is 6.83. The van der Waals surface area contributed by atoms with Gasteiger partial charge in [-0.3, -0.25) is 4.79 Å². The molecular formula is C35H62BNO3. The van der Waals surface area contributed by atoms with Crippen molar-refractivity contribution < 1.29 is 14.3 Å². The first-order valence-electron chi connectivity index (χ1n) is 17.2. The Morgan fingerprint density at radius 2 is 1.77 bits per heavy atom. The zero-order chi connectivity index (χ0) is 29.5. The number of carbonyl (C=O) groups is 2. The lowest BCUT2D eigenvalue weighted by Crippen LogP contribution is -2.58. The van der Waals surface area contributed by atoms with Gasteiger partial charge in [-0.2, -0.15) is 0 Å². The number of carbonyl (C=O) groups excluding carboxylic acids is 2. The third-order valence-corrected chi connectivity index (χ3v) is 13.8. The van der Waals surface area contributed by atoms with E-state index in [4.69, 9.17) is 4.74 Å². The summed E-state index contributed by atoms with van der Waals surface area (Å²) in [4.78, 5) is 27.5. The predicted octanol–water partition coefficient (Wildman–Crippen LogP) is 7.00. The SMILES string of the molecule is BCCC(=O)CC1CCC(C)(C(C)C2OC(C=O)C3C2CCC2(C)C3CC[C@]2(C)[C@H](C)CCCC(C)C)N(C)C1. The summed E-state index contributed by atoms with van der Waals surface area (Å²) in [7, 11) is 4.36. The maximum absolute atomic E-state index is 12.6. The molecule has 9 unspecified atom stereocenters. The first-order chi connectivity index (χ1) is 18.8. The van der Waals surface area contributed by atoms with E-state index >= 15 is 0 Å². The molecule has 4 rings (SSSR count). The quantitative estimate of drug-likeness (QED) is 0.192. The third kappa shape index (κ3) is 5.65. The van der Waals surface area contributed by atoms with Crippen molar-refractivity contribution in [2.45, 2.75) is 143 Å². The summed E-state index contributed by atoms with van der Waals surface area (Å²) in [5.41, 5.74) is 0.668. The van der Waals surface area contributed by atoms with Gasteiger partial charge in [-0.1, -0.05) is 67.1 Å². The molecule has 228 valence electrons. The molecule has 2 saturated heterocycles. The van der Waals surface area contributed by atoms with Crippen LogP contribution in [-0.2, 0) is 14.3 Å². The van der Waals surface area contributed by atoms with E-state index in [1.54, 1.807) is 0 Å².